The third kappa shape index (κ3) is 3.43. The molecule has 2 atom stereocenters. The molecule has 2 fully saturated rings. The van der Waals surface area contributed by atoms with Crippen LogP contribution in [0.5, 0.6) is 0 Å². The number of pyridine rings is 1. The van der Waals surface area contributed by atoms with Gasteiger partial charge in [0.15, 0.2) is 0 Å². The number of aromatic nitrogens is 1. The van der Waals surface area contributed by atoms with Crippen molar-refractivity contribution in [2.24, 2.45) is 5.92 Å². The van der Waals surface area contributed by atoms with E-state index in [4.69, 9.17) is 4.74 Å². The Kier molecular flexibility index (Phi) is 4.21. The molecule has 2 aliphatic heterocycles. The third-order valence-electron chi connectivity index (χ3n) is 4.73. The maximum absolute atomic E-state index is 12.4. The van der Waals surface area contributed by atoms with E-state index in [0.29, 0.717) is 5.92 Å². The van der Waals surface area contributed by atoms with Crippen molar-refractivity contribution in [3.63, 3.8) is 0 Å². The van der Waals surface area contributed by atoms with Gasteiger partial charge in [-0.15, -0.1) is 0 Å². The van der Waals surface area contributed by atoms with Crippen molar-refractivity contribution in [2.45, 2.75) is 52.2 Å². The molecular weight excluding hydrogens is 290 g/mol. The van der Waals surface area contributed by atoms with Crippen molar-refractivity contribution in [2.75, 3.05) is 24.5 Å². The second-order valence-corrected chi connectivity index (χ2v) is 7.60. The number of likely N-dealkylation sites (tertiary alicyclic amines) is 1. The summed E-state index contributed by atoms with van der Waals surface area (Å²) in [5.74, 6) is 0.535. The van der Waals surface area contributed by atoms with E-state index >= 15 is 0 Å². The summed E-state index contributed by atoms with van der Waals surface area (Å²) in [5, 5.41) is 0. The standard InChI is InChI=1S/C18H27N3O2/c1-5-13-8-15(10-19-9-13)20-11-14-6-7-21(16(14)12-20)17(22)23-18(2,3)4/h8-10,14,16H,5-7,11-12H2,1-4H3/t14-,16+/m1/s1. The smallest absolute Gasteiger partial charge is 0.410 e. The molecule has 2 saturated heterocycles. The molecule has 0 spiro atoms. The number of hydrogen-bond acceptors (Lipinski definition) is 4. The summed E-state index contributed by atoms with van der Waals surface area (Å²) >= 11 is 0. The molecule has 23 heavy (non-hydrogen) atoms. The number of hydrogen-bond donors (Lipinski definition) is 0. The highest BCUT2D eigenvalue weighted by Gasteiger charge is 2.44. The number of anilines is 1. The van der Waals surface area contributed by atoms with Crippen LogP contribution in [0.2, 0.25) is 0 Å². The van der Waals surface area contributed by atoms with Gasteiger partial charge in [0, 0.05) is 31.7 Å². The average molecular weight is 317 g/mol. The highest BCUT2D eigenvalue weighted by Crippen LogP contribution is 2.35. The van der Waals surface area contributed by atoms with Crippen molar-refractivity contribution >= 4 is 11.8 Å². The molecule has 3 heterocycles. The van der Waals surface area contributed by atoms with Gasteiger partial charge >= 0.3 is 6.09 Å². The Balaban J connectivity index is 1.70. The van der Waals surface area contributed by atoms with E-state index in [2.05, 4.69) is 22.9 Å². The zero-order valence-corrected chi connectivity index (χ0v) is 14.6. The molecule has 0 aliphatic carbocycles. The largest absolute Gasteiger partial charge is 0.444 e. The number of carbonyl (C=O) groups is 1. The monoisotopic (exact) mass is 317 g/mol. The molecule has 0 bridgehead atoms. The highest BCUT2D eigenvalue weighted by molar-refractivity contribution is 5.69. The van der Waals surface area contributed by atoms with Gasteiger partial charge in [0.25, 0.3) is 0 Å². The number of nitrogens with zero attached hydrogens (tertiary/aromatic N) is 3. The Bertz CT molecular complexity index is 582. The maximum atomic E-state index is 12.4. The van der Waals surface area contributed by atoms with Crippen LogP contribution in [0.15, 0.2) is 18.5 Å². The quantitative estimate of drug-likeness (QED) is 0.841. The van der Waals surface area contributed by atoms with Crippen LogP contribution in [0.25, 0.3) is 0 Å². The molecule has 0 radical (unpaired) electrons. The fourth-order valence-electron chi connectivity index (χ4n) is 3.56. The minimum atomic E-state index is -0.438. The molecule has 5 heteroatoms. The molecule has 0 aromatic carbocycles. The zero-order valence-electron chi connectivity index (χ0n) is 14.6. The summed E-state index contributed by atoms with van der Waals surface area (Å²) in [4.78, 5) is 21.1. The summed E-state index contributed by atoms with van der Waals surface area (Å²) in [7, 11) is 0. The molecule has 0 unspecified atom stereocenters. The van der Waals surface area contributed by atoms with Crippen LogP contribution in [-0.2, 0) is 11.2 Å². The van der Waals surface area contributed by atoms with Gasteiger partial charge in [0.05, 0.1) is 17.9 Å². The fourth-order valence-corrected chi connectivity index (χ4v) is 3.56. The average Bonchev–Trinajstić information content (AvgIpc) is 3.05. The summed E-state index contributed by atoms with van der Waals surface area (Å²) in [6, 6.07) is 2.47. The van der Waals surface area contributed by atoms with Crippen molar-refractivity contribution < 1.29 is 9.53 Å². The first-order valence-electron chi connectivity index (χ1n) is 8.56. The SMILES string of the molecule is CCc1cncc(N2C[C@H]3CCN(C(=O)OC(C)(C)C)[C@H]3C2)c1. The van der Waals surface area contributed by atoms with Gasteiger partial charge < -0.3 is 14.5 Å². The van der Waals surface area contributed by atoms with Gasteiger partial charge in [-0.1, -0.05) is 6.92 Å². The Hall–Kier alpha value is -1.78. The maximum Gasteiger partial charge on any atom is 0.410 e. The van der Waals surface area contributed by atoms with E-state index in [1.807, 2.05) is 38.1 Å². The Morgan fingerprint density at radius 3 is 2.83 bits per heavy atom. The first-order chi connectivity index (χ1) is 10.9. The Labute approximate surface area is 138 Å². The molecule has 1 aromatic rings. The third-order valence-corrected chi connectivity index (χ3v) is 4.73. The molecule has 1 amide bonds. The van der Waals surface area contributed by atoms with Crippen molar-refractivity contribution in [1.82, 2.24) is 9.88 Å². The van der Waals surface area contributed by atoms with Crippen LogP contribution in [-0.4, -0.2) is 47.3 Å². The number of aryl methyl sites for hydroxylation is 1. The lowest BCUT2D eigenvalue weighted by Gasteiger charge is -2.29. The molecule has 2 aliphatic rings. The van der Waals surface area contributed by atoms with E-state index in [1.54, 1.807) is 0 Å². The van der Waals surface area contributed by atoms with Crippen molar-refractivity contribution in [3.8, 4) is 0 Å². The molecule has 0 saturated carbocycles. The van der Waals surface area contributed by atoms with Gasteiger partial charge in [-0.3, -0.25) is 4.98 Å². The van der Waals surface area contributed by atoms with Gasteiger partial charge in [-0.25, -0.2) is 4.79 Å². The van der Waals surface area contributed by atoms with Gasteiger partial charge in [-0.2, -0.15) is 0 Å². The first kappa shape index (κ1) is 16.1. The van der Waals surface area contributed by atoms with E-state index in [0.717, 1.165) is 32.5 Å². The lowest BCUT2D eigenvalue weighted by atomic mass is 10.1. The molecule has 5 nitrogen and oxygen atoms in total. The van der Waals surface area contributed by atoms with Crippen LogP contribution >= 0.6 is 0 Å². The number of carbonyl (C=O) groups excluding carboxylic acids is 1. The topological polar surface area (TPSA) is 45.7 Å². The van der Waals surface area contributed by atoms with E-state index in [9.17, 15) is 4.79 Å². The molecular formula is C18H27N3O2. The van der Waals surface area contributed by atoms with Crippen LogP contribution in [0.3, 0.4) is 0 Å². The first-order valence-corrected chi connectivity index (χ1v) is 8.56. The normalized spacial score (nSPS) is 24.0. The Morgan fingerprint density at radius 1 is 1.35 bits per heavy atom. The van der Waals surface area contributed by atoms with Crippen LogP contribution in [0.1, 0.15) is 39.7 Å². The van der Waals surface area contributed by atoms with Crippen LogP contribution in [0, 0.1) is 5.92 Å². The van der Waals surface area contributed by atoms with Gasteiger partial charge in [0.2, 0.25) is 0 Å². The number of amides is 1. The molecule has 0 N–H and O–H groups in total. The number of fused-ring (bicyclic) bond motifs is 1. The predicted octanol–water partition coefficient (Wildman–Crippen LogP) is 3.09. The summed E-state index contributed by atoms with van der Waals surface area (Å²) in [6.07, 6.45) is 5.73. The van der Waals surface area contributed by atoms with E-state index in [1.165, 1.54) is 11.3 Å². The van der Waals surface area contributed by atoms with Gasteiger partial charge in [-0.05, 0) is 45.2 Å². The molecule has 126 valence electrons. The molecule has 3 rings (SSSR count). The lowest BCUT2D eigenvalue weighted by Crippen LogP contribution is -2.42. The zero-order chi connectivity index (χ0) is 16.6. The minimum Gasteiger partial charge on any atom is -0.444 e. The number of rotatable bonds is 2. The number of ether oxygens (including phenoxy) is 1. The van der Waals surface area contributed by atoms with Gasteiger partial charge in [0.1, 0.15) is 5.60 Å². The minimum absolute atomic E-state index is 0.174. The fraction of sp³-hybridized carbons (Fsp3) is 0.667. The van der Waals surface area contributed by atoms with Crippen molar-refractivity contribution in [1.29, 1.82) is 0 Å². The summed E-state index contributed by atoms with van der Waals surface area (Å²) in [6.45, 7) is 10.6. The summed E-state index contributed by atoms with van der Waals surface area (Å²) < 4.78 is 5.56. The predicted molar refractivity (Wildman–Crippen MR) is 90.7 cm³/mol. The van der Waals surface area contributed by atoms with Crippen LogP contribution < -0.4 is 4.90 Å². The van der Waals surface area contributed by atoms with E-state index < -0.39 is 5.60 Å². The van der Waals surface area contributed by atoms with Crippen LogP contribution in [0.4, 0.5) is 10.5 Å². The summed E-state index contributed by atoms with van der Waals surface area (Å²) in [5.41, 5.74) is 1.98. The highest BCUT2D eigenvalue weighted by atomic mass is 16.6. The second kappa shape index (κ2) is 6.02. The molecule has 1 aromatic heterocycles. The lowest BCUT2D eigenvalue weighted by molar-refractivity contribution is 0.0229. The Morgan fingerprint density at radius 2 is 2.13 bits per heavy atom. The second-order valence-electron chi connectivity index (χ2n) is 7.60. The van der Waals surface area contributed by atoms with E-state index in [-0.39, 0.29) is 12.1 Å². The van der Waals surface area contributed by atoms with Crippen molar-refractivity contribution in [3.05, 3.63) is 24.0 Å².